The molecule has 0 saturated heterocycles. The second-order valence-corrected chi connectivity index (χ2v) is 23.2. The normalized spacial score (nSPS) is 12.3. The molecule has 4 aromatic heterocycles. The summed E-state index contributed by atoms with van der Waals surface area (Å²) in [6.07, 6.45) is 8.23. The van der Waals surface area contributed by atoms with Crippen molar-refractivity contribution in [3.8, 4) is 22.3 Å². The fraction of sp³-hybridized carbons (Fsp3) is 0.0361. The molecule has 4 heterocycles. The first-order valence-corrected chi connectivity index (χ1v) is 30.2. The lowest BCUT2D eigenvalue weighted by atomic mass is 9.97. The Kier molecular flexibility index (Phi) is 11.7. The zero-order chi connectivity index (χ0) is 58.7. The molecule has 88 heavy (non-hydrogen) atoms. The van der Waals surface area contributed by atoms with Gasteiger partial charge in [-0.25, -0.2) is 0 Å². The molecular weight excluding hydrogens is 1070 g/mol. The summed E-state index contributed by atoms with van der Waals surface area (Å²) in [5.74, 6) is 0. The van der Waals surface area contributed by atoms with Crippen LogP contribution in [0.25, 0.3) is 131 Å². The fourth-order valence-electron chi connectivity index (χ4n) is 14.1. The summed E-state index contributed by atoms with van der Waals surface area (Å²) in [6, 6.07) is 92.7. The molecule has 0 aliphatic rings. The van der Waals surface area contributed by atoms with E-state index >= 15 is 0 Å². The van der Waals surface area contributed by atoms with Crippen LogP contribution in [0.1, 0.15) is 23.6 Å². The number of allylic oxidation sites excluding steroid dienone is 5. The first kappa shape index (κ1) is 51.1. The molecule has 0 amide bonds. The van der Waals surface area contributed by atoms with Crippen molar-refractivity contribution in [1.29, 1.82) is 0 Å². The SMILES string of the molecule is C=C/C=C\C(=C/C)c1cc2c3cc4ccc(N(c5ccccc5)c5cccc6c5oc5c(-c7ccccc7C)cccc56)cc4cc3n3c4cc5cc(N(c6ccccc6)c6cccc7c6oc6c(-c8ccccc8C)cccc67)ccc5cc4c(c1)c23. The van der Waals surface area contributed by atoms with E-state index in [1.807, 2.05) is 12.2 Å². The maximum absolute atomic E-state index is 7.13. The van der Waals surface area contributed by atoms with Gasteiger partial charge in [0.05, 0.1) is 27.9 Å². The third-order valence-electron chi connectivity index (χ3n) is 18.2. The van der Waals surface area contributed by atoms with Crippen LogP contribution in [-0.4, -0.2) is 4.40 Å². The van der Waals surface area contributed by atoms with Crippen molar-refractivity contribution in [2.75, 3.05) is 9.80 Å². The Hall–Kier alpha value is -11.4. The number of para-hydroxylation sites is 6. The van der Waals surface area contributed by atoms with Crippen LogP contribution in [0, 0.1) is 13.8 Å². The van der Waals surface area contributed by atoms with E-state index in [9.17, 15) is 0 Å². The monoisotopic (exact) mass is 1130 g/mol. The number of furan rings is 2. The van der Waals surface area contributed by atoms with E-state index in [-0.39, 0.29) is 0 Å². The molecule has 17 aromatic rings. The molecule has 0 N–H and O–H groups in total. The molecule has 5 nitrogen and oxygen atoms in total. The fourth-order valence-corrected chi connectivity index (χ4v) is 14.1. The van der Waals surface area contributed by atoms with Gasteiger partial charge in [-0.3, -0.25) is 0 Å². The molecule has 416 valence electrons. The summed E-state index contributed by atoms with van der Waals surface area (Å²) < 4.78 is 16.8. The number of aromatic nitrogens is 1. The van der Waals surface area contributed by atoms with Crippen molar-refractivity contribution in [3.63, 3.8) is 0 Å². The highest BCUT2D eigenvalue weighted by molar-refractivity contribution is 6.27. The van der Waals surface area contributed by atoms with Crippen molar-refractivity contribution >= 4 is 143 Å². The molecule has 0 aliphatic heterocycles. The second-order valence-electron chi connectivity index (χ2n) is 23.2. The van der Waals surface area contributed by atoms with E-state index in [1.54, 1.807) is 0 Å². The van der Waals surface area contributed by atoms with Crippen molar-refractivity contribution in [3.05, 3.63) is 302 Å². The zero-order valence-corrected chi connectivity index (χ0v) is 48.9. The molecule has 0 aliphatic carbocycles. The molecule has 0 spiro atoms. The van der Waals surface area contributed by atoms with Gasteiger partial charge in [0.2, 0.25) is 0 Å². The largest absolute Gasteiger partial charge is 0.453 e. The van der Waals surface area contributed by atoms with Gasteiger partial charge >= 0.3 is 0 Å². The van der Waals surface area contributed by atoms with Gasteiger partial charge in [-0.1, -0.05) is 189 Å². The Balaban J connectivity index is 0.870. The summed E-state index contributed by atoms with van der Waals surface area (Å²) in [5.41, 5.74) is 22.3. The lowest BCUT2D eigenvalue weighted by Crippen LogP contribution is -2.10. The van der Waals surface area contributed by atoms with E-state index in [4.69, 9.17) is 8.83 Å². The van der Waals surface area contributed by atoms with Gasteiger partial charge in [-0.05, 0) is 173 Å². The molecule has 0 bridgehead atoms. The van der Waals surface area contributed by atoms with E-state index < -0.39 is 0 Å². The average molecular weight is 1130 g/mol. The number of aryl methyl sites for hydroxylation is 2. The highest BCUT2D eigenvalue weighted by Gasteiger charge is 2.26. The number of hydrogen-bond donors (Lipinski definition) is 0. The van der Waals surface area contributed by atoms with Crippen LogP contribution in [-0.2, 0) is 0 Å². The number of fused-ring (bicyclic) bond motifs is 14. The highest BCUT2D eigenvalue weighted by Crippen LogP contribution is 2.49. The van der Waals surface area contributed by atoms with Crippen LogP contribution in [0.2, 0.25) is 0 Å². The minimum absolute atomic E-state index is 0.841. The Morgan fingerprint density at radius 2 is 0.807 bits per heavy atom. The number of rotatable bonds is 11. The van der Waals surface area contributed by atoms with Gasteiger partial charge in [-0.15, -0.1) is 0 Å². The van der Waals surface area contributed by atoms with E-state index in [2.05, 4.69) is 308 Å². The first-order chi connectivity index (χ1) is 43.4. The van der Waals surface area contributed by atoms with Crippen LogP contribution in [0.15, 0.2) is 295 Å². The first-order valence-electron chi connectivity index (χ1n) is 30.2. The van der Waals surface area contributed by atoms with Gasteiger partial charge in [0, 0.05) is 77.0 Å². The van der Waals surface area contributed by atoms with Gasteiger partial charge in [-0.2, -0.15) is 0 Å². The van der Waals surface area contributed by atoms with Gasteiger partial charge in [0.15, 0.2) is 11.2 Å². The Morgan fingerprint density at radius 1 is 0.375 bits per heavy atom. The van der Waals surface area contributed by atoms with Gasteiger partial charge in [0.25, 0.3) is 0 Å². The van der Waals surface area contributed by atoms with Crippen molar-refractivity contribution in [1.82, 2.24) is 4.40 Å². The summed E-state index contributed by atoms with van der Waals surface area (Å²) in [4.78, 5) is 4.70. The molecule has 17 rings (SSSR count). The topological polar surface area (TPSA) is 37.2 Å². The highest BCUT2D eigenvalue weighted by atomic mass is 16.3. The van der Waals surface area contributed by atoms with E-state index in [1.165, 1.54) is 49.3 Å². The number of hydrogen-bond acceptors (Lipinski definition) is 4. The van der Waals surface area contributed by atoms with Crippen molar-refractivity contribution in [2.24, 2.45) is 0 Å². The molecule has 0 atom stereocenters. The van der Waals surface area contributed by atoms with Gasteiger partial charge in [0.1, 0.15) is 11.2 Å². The molecule has 0 radical (unpaired) electrons. The van der Waals surface area contributed by atoms with Crippen molar-refractivity contribution in [2.45, 2.75) is 20.8 Å². The molecule has 0 saturated carbocycles. The predicted molar refractivity (Wildman–Crippen MR) is 373 cm³/mol. The maximum atomic E-state index is 7.13. The predicted octanol–water partition coefficient (Wildman–Crippen LogP) is 24.0. The average Bonchev–Trinajstić information content (AvgIpc) is 1.55. The number of benzene rings is 13. The lowest BCUT2D eigenvalue weighted by molar-refractivity contribution is 0.670. The summed E-state index contributed by atoms with van der Waals surface area (Å²) in [5, 5.41) is 13.8. The lowest BCUT2D eigenvalue weighted by Gasteiger charge is -2.26. The molecular formula is C83H57N3O2. The van der Waals surface area contributed by atoms with Crippen molar-refractivity contribution < 1.29 is 8.83 Å². The maximum Gasteiger partial charge on any atom is 0.159 e. The zero-order valence-electron chi connectivity index (χ0n) is 48.9. The minimum Gasteiger partial charge on any atom is -0.453 e. The third-order valence-corrected chi connectivity index (χ3v) is 18.2. The summed E-state index contributed by atoms with van der Waals surface area (Å²) >= 11 is 0. The summed E-state index contributed by atoms with van der Waals surface area (Å²) in [6.45, 7) is 10.5. The minimum atomic E-state index is 0.841. The standard InChI is InChI=1S/C83H57N3O2/c1-5-7-24-53(6-2)58-47-73-71-45-54-39-41-61(84(59-25-10-8-11-26-59)75-37-20-35-69-67-33-18-31-65(80(67)87-82(69)75)63-29-16-14-22-51(63)3)43-56(54)49-77(71)86-78-50-57-44-62(42-40-55(57)46-72(78)74(48-58)79(73)86)85(60-27-12-9-13-28-60)76-38-21-36-70-68-34-19-32-66(81(68)88-83(70)76)64-30-17-15-23-52(64)4/h5-50H,1H2,2-4H3/b24-7-,53-6+. The Bertz CT molecular complexity index is 5430. The van der Waals surface area contributed by atoms with Crippen LogP contribution in [0.4, 0.5) is 34.1 Å². The number of nitrogens with zero attached hydrogens (tertiary/aromatic N) is 3. The smallest absolute Gasteiger partial charge is 0.159 e. The van der Waals surface area contributed by atoms with Crippen LogP contribution in [0.5, 0.6) is 0 Å². The van der Waals surface area contributed by atoms with Crippen LogP contribution < -0.4 is 9.80 Å². The quantitative estimate of drug-likeness (QED) is 0.121. The van der Waals surface area contributed by atoms with Crippen LogP contribution >= 0.6 is 0 Å². The number of anilines is 6. The van der Waals surface area contributed by atoms with Crippen LogP contribution in [0.3, 0.4) is 0 Å². The third kappa shape index (κ3) is 7.87. The molecule has 0 fully saturated rings. The summed E-state index contributed by atoms with van der Waals surface area (Å²) in [7, 11) is 0. The molecule has 13 aromatic carbocycles. The second kappa shape index (κ2) is 20.1. The van der Waals surface area contributed by atoms with E-state index in [0.29, 0.717) is 0 Å². The Morgan fingerprint density at radius 3 is 1.26 bits per heavy atom. The Labute approximate surface area is 508 Å². The van der Waals surface area contributed by atoms with E-state index in [0.717, 1.165) is 133 Å². The van der Waals surface area contributed by atoms with Gasteiger partial charge < -0.3 is 23.0 Å². The molecule has 0 unspecified atom stereocenters. The molecule has 5 heteroatoms.